The molecule has 0 spiro atoms. The van der Waals surface area contributed by atoms with Crippen molar-refractivity contribution in [3.8, 4) is 40.2 Å². The average molecular weight is 630 g/mol. The Morgan fingerprint density at radius 3 is 1.54 bits per heavy atom. The molecule has 224 valence electrons. The van der Waals surface area contributed by atoms with E-state index in [2.05, 4.69) is 133 Å². The highest BCUT2D eigenvalue weighted by molar-refractivity contribution is 7.19. The molecule has 0 atom stereocenters. The number of benzene rings is 7. The van der Waals surface area contributed by atoms with Crippen LogP contribution in [0.3, 0.4) is 0 Å². The second kappa shape index (κ2) is 11.3. The predicted molar refractivity (Wildman–Crippen MR) is 198 cm³/mol. The van der Waals surface area contributed by atoms with E-state index in [1.54, 1.807) is 0 Å². The maximum atomic E-state index is 10.8. The third-order valence-electron chi connectivity index (χ3n) is 9.80. The Labute approximate surface area is 281 Å². The van der Waals surface area contributed by atoms with Gasteiger partial charge in [-0.3, -0.25) is 0 Å². The second-order valence-corrected chi connectivity index (χ2v) is 16.1. The number of fused-ring (bicyclic) bond motifs is 4. The molecule has 9 rings (SSSR count). The van der Waals surface area contributed by atoms with Crippen molar-refractivity contribution >= 4 is 51.9 Å². The van der Waals surface area contributed by atoms with E-state index >= 15 is 0 Å². The Kier molecular flexibility index (Phi) is 6.63. The van der Waals surface area contributed by atoms with Gasteiger partial charge in [-0.05, 0) is 55.4 Å². The molecule has 3 nitrogen and oxygen atoms in total. The lowest BCUT2D eigenvalue weighted by atomic mass is 9.34. The first-order valence-electron chi connectivity index (χ1n) is 16.2. The van der Waals surface area contributed by atoms with E-state index < -0.39 is 8.07 Å². The molecule has 2 aliphatic heterocycles. The topological polar surface area (TPSA) is 42.2 Å². The van der Waals surface area contributed by atoms with Gasteiger partial charge in [-0.1, -0.05) is 152 Å². The van der Waals surface area contributed by atoms with Crippen molar-refractivity contribution in [2.45, 2.75) is 0 Å². The molecule has 5 heteroatoms. The van der Waals surface area contributed by atoms with Gasteiger partial charge >= 0.3 is 0 Å². The molecule has 48 heavy (non-hydrogen) atoms. The van der Waals surface area contributed by atoms with E-state index in [1.807, 2.05) is 42.5 Å². The standard InChI is InChI=1S/C43H28BNO2Si/c45-29-36-35(28-41-42-43(36)47-40-26-13-11-24-38(40)44(42)37-23-10-12-25-39(37)46-41)30-15-14-22-34(27-30)48(31-16-4-1-5-17-31,32-18-6-2-7-19-32)33-20-8-3-9-21-33/h1-28H. The fourth-order valence-electron chi connectivity index (χ4n) is 7.77. The molecule has 7 aromatic carbocycles. The molecule has 0 N–H and O–H groups in total. The number of rotatable bonds is 5. The summed E-state index contributed by atoms with van der Waals surface area (Å²) in [5, 5.41) is 16.0. The molecule has 0 saturated carbocycles. The number of hydrogen-bond acceptors (Lipinski definition) is 3. The normalized spacial score (nSPS) is 12.4. The highest BCUT2D eigenvalue weighted by Crippen LogP contribution is 2.41. The van der Waals surface area contributed by atoms with Crippen LogP contribution >= 0.6 is 0 Å². The van der Waals surface area contributed by atoms with Crippen molar-refractivity contribution in [1.82, 2.24) is 0 Å². The zero-order chi connectivity index (χ0) is 32.1. The summed E-state index contributed by atoms with van der Waals surface area (Å²) in [7, 11) is -2.78. The van der Waals surface area contributed by atoms with E-state index in [4.69, 9.17) is 9.47 Å². The lowest BCUT2D eigenvalue weighted by Gasteiger charge is -2.35. The smallest absolute Gasteiger partial charge is 0.260 e. The van der Waals surface area contributed by atoms with Crippen LogP contribution in [-0.4, -0.2) is 14.8 Å². The van der Waals surface area contributed by atoms with Gasteiger partial charge in [0.2, 0.25) is 0 Å². The van der Waals surface area contributed by atoms with Crippen LogP contribution in [0.2, 0.25) is 0 Å². The number of ether oxygens (including phenoxy) is 2. The molecule has 0 amide bonds. The summed E-state index contributed by atoms with van der Waals surface area (Å²) in [6.07, 6.45) is 0. The Hall–Kier alpha value is -6.09. The lowest BCUT2D eigenvalue weighted by molar-refractivity contribution is 0.464. The third kappa shape index (κ3) is 4.20. The van der Waals surface area contributed by atoms with Gasteiger partial charge < -0.3 is 9.47 Å². The van der Waals surface area contributed by atoms with Gasteiger partial charge in [-0.25, -0.2) is 0 Å². The Morgan fingerprint density at radius 2 is 0.979 bits per heavy atom. The third-order valence-corrected chi connectivity index (χ3v) is 14.6. The van der Waals surface area contributed by atoms with Crippen LogP contribution in [0.25, 0.3) is 11.1 Å². The minimum atomic E-state index is -2.78. The van der Waals surface area contributed by atoms with E-state index in [0.29, 0.717) is 11.3 Å². The lowest BCUT2D eigenvalue weighted by Crippen LogP contribution is -2.74. The minimum Gasteiger partial charge on any atom is -0.458 e. The van der Waals surface area contributed by atoms with Gasteiger partial charge in [0.05, 0.1) is 0 Å². The van der Waals surface area contributed by atoms with Gasteiger partial charge in [-0.2, -0.15) is 5.26 Å². The van der Waals surface area contributed by atoms with Crippen LogP contribution in [0.4, 0.5) is 0 Å². The van der Waals surface area contributed by atoms with Crippen molar-refractivity contribution in [3.63, 3.8) is 0 Å². The maximum absolute atomic E-state index is 10.8. The first-order valence-corrected chi connectivity index (χ1v) is 18.2. The number of hydrogen-bond donors (Lipinski definition) is 0. The highest BCUT2D eigenvalue weighted by Gasteiger charge is 2.43. The van der Waals surface area contributed by atoms with Crippen molar-refractivity contribution in [2.75, 3.05) is 0 Å². The van der Waals surface area contributed by atoms with Crippen LogP contribution in [0.15, 0.2) is 170 Å². The summed E-state index contributed by atoms with van der Waals surface area (Å²) >= 11 is 0. The quantitative estimate of drug-likeness (QED) is 0.191. The fourth-order valence-corrected chi connectivity index (χ4v) is 12.6. The molecule has 0 fully saturated rings. The first-order chi connectivity index (χ1) is 23.8. The van der Waals surface area contributed by atoms with Gasteiger partial charge in [0, 0.05) is 11.0 Å². The monoisotopic (exact) mass is 629 g/mol. The van der Waals surface area contributed by atoms with Gasteiger partial charge in [0.1, 0.15) is 34.6 Å². The summed E-state index contributed by atoms with van der Waals surface area (Å²) in [5.41, 5.74) is 5.31. The molecular weight excluding hydrogens is 601 g/mol. The average Bonchev–Trinajstić information content (AvgIpc) is 3.16. The number of para-hydroxylation sites is 2. The number of nitriles is 1. The SMILES string of the molecule is N#Cc1c(-c2cccc([Si](c3ccccc3)(c3ccccc3)c3ccccc3)c2)cc2c3c1Oc1ccccc1B3c1ccccc1O2. The number of nitrogens with zero attached hydrogens (tertiary/aromatic N) is 1. The molecule has 0 aliphatic carbocycles. The molecule has 7 aromatic rings. The van der Waals surface area contributed by atoms with Crippen LogP contribution in [-0.2, 0) is 0 Å². The van der Waals surface area contributed by atoms with Gasteiger partial charge in [0.25, 0.3) is 6.71 Å². The summed E-state index contributed by atoms with van der Waals surface area (Å²) in [4.78, 5) is 0. The van der Waals surface area contributed by atoms with Crippen molar-refractivity contribution in [2.24, 2.45) is 0 Å². The summed E-state index contributed by atoms with van der Waals surface area (Å²) in [6.45, 7) is -0.0910. The van der Waals surface area contributed by atoms with Crippen molar-refractivity contribution in [1.29, 1.82) is 5.26 Å². The van der Waals surface area contributed by atoms with Crippen molar-refractivity contribution in [3.05, 3.63) is 175 Å². The Morgan fingerprint density at radius 1 is 0.479 bits per heavy atom. The summed E-state index contributed by atoms with van der Waals surface area (Å²) in [6, 6.07) is 62.3. The zero-order valence-corrected chi connectivity index (χ0v) is 27.0. The van der Waals surface area contributed by atoms with Gasteiger partial charge in [-0.15, -0.1) is 0 Å². The second-order valence-electron chi connectivity index (χ2n) is 12.3. The predicted octanol–water partition coefficient (Wildman–Crippen LogP) is 5.33. The van der Waals surface area contributed by atoms with Gasteiger partial charge in [0.15, 0.2) is 8.07 Å². The van der Waals surface area contributed by atoms with E-state index in [1.165, 1.54) is 20.7 Å². The largest absolute Gasteiger partial charge is 0.458 e. The molecule has 0 unspecified atom stereocenters. The summed E-state index contributed by atoms with van der Waals surface area (Å²) in [5.74, 6) is 2.89. The Balaban J connectivity index is 1.31. The molecule has 0 saturated heterocycles. The molecule has 0 bridgehead atoms. The van der Waals surface area contributed by atoms with Crippen LogP contribution in [0, 0.1) is 11.3 Å². The van der Waals surface area contributed by atoms with E-state index in [-0.39, 0.29) is 6.71 Å². The van der Waals surface area contributed by atoms with Crippen molar-refractivity contribution < 1.29 is 9.47 Å². The first kappa shape index (κ1) is 28.2. The molecule has 2 heterocycles. The zero-order valence-electron chi connectivity index (χ0n) is 26.0. The van der Waals surface area contributed by atoms with Crippen LogP contribution in [0.5, 0.6) is 23.0 Å². The highest BCUT2D eigenvalue weighted by atomic mass is 28.3. The molecular formula is C43H28BNO2Si. The molecule has 0 aromatic heterocycles. The Bertz CT molecular complexity index is 2260. The van der Waals surface area contributed by atoms with E-state index in [9.17, 15) is 5.26 Å². The fraction of sp³-hybridized carbons (Fsp3) is 0. The summed E-state index contributed by atoms with van der Waals surface area (Å²) < 4.78 is 13.3. The maximum Gasteiger partial charge on any atom is 0.260 e. The molecule has 0 radical (unpaired) electrons. The minimum absolute atomic E-state index is 0.0910. The molecule has 2 aliphatic rings. The van der Waals surface area contributed by atoms with Crippen LogP contribution in [0.1, 0.15) is 5.56 Å². The van der Waals surface area contributed by atoms with Crippen LogP contribution < -0.4 is 46.6 Å². The van der Waals surface area contributed by atoms with E-state index in [0.717, 1.165) is 44.8 Å².